The van der Waals surface area contributed by atoms with Crippen molar-refractivity contribution in [3.63, 3.8) is 0 Å². The van der Waals surface area contributed by atoms with Crippen molar-refractivity contribution in [1.82, 2.24) is 4.31 Å². The molecule has 9 heteroatoms. The van der Waals surface area contributed by atoms with Gasteiger partial charge in [-0.25, -0.2) is 12.7 Å². The summed E-state index contributed by atoms with van der Waals surface area (Å²) in [4.78, 5) is 10.0. The SMILES string of the molecule is CC(C)CCN(C)S(=O)(=O)c1cccc(NN)c1[N+](=O)[O-]. The third-order valence-corrected chi connectivity index (χ3v) is 4.94. The number of anilines is 1. The highest BCUT2D eigenvalue weighted by molar-refractivity contribution is 7.89. The third-order valence-electron chi connectivity index (χ3n) is 3.05. The van der Waals surface area contributed by atoms with Gasteiger partial charge < -0.3 is 5.43 Å². The van der Waals surface area contributed by atoms with Crippen molar-refractivity contribution in [3.8, 4) is 0 Å². The molecule has 8 nitrogen and oxygen atoms in total. The molecule has 0 amide bonds. The maximum Gasteiger partial charge on any atom is 0.313 e. The van der Waals surface area contributed by atoms with Crippen LogP contribution in [0.5, 0.6) is 0 Å². The number of para-hydroxylation sites is 1. The maximum atomic E-state index is 12.5. The Balaban J connectivity index is 3.28. The van der Waals surface area contributed by atoms with Gasteiger partial charge in [0.15, 0.2) is 4.90 Å². The summed E-state index contributed by atoms with van der Waals surface area (Å²) in [7, 11) is -2.54. The first-order chi connectivity index (χ1) is 9.71. The summed E-state index contributed by atoms with van der Waals surface area (Å²) in [6.07, 6.45) is 0.665. The number of nitrogens with two attached hydrogens (primary N) is 1. The number of hydrazine groups is 1. The number of nitrogens with one attached hydrogen (secondary N) is 1. The molecule has 0 saturated carbocycles. The van der Waals surface area contributed by atoms with Crippen LogP contribution in [0.25, 0.3) is 0 Å². The van der Waals surface area contributed by atoms with E-state index in [1.54, 1.807) is 0 Å². The van der Waals surface area contributed by atoms with Gasteiger partial charge in [-0.1, -0.05) is 19.9 Å². The standard InChI is InChI=1S/C12H20N4O4S/c1-9(2)7-8-15(3)21(19,20)11-6-4-5-10(14-13)12(11)16(17)18/h4-6,9,14H,7-8,13H2,1-3H3. The van der Waals surface area contributed by atoms with Gasteiger partial charge in [0.25, 0.3) is 0 Å². The van der Waals surface area contributed by atoms with Gasteiger partial charge in [0, 0.05) is 13.6 Å². The fourth-order valence-corrected chi connectivity index (χ4v) is 3.12. The smallest absolute Gasteiger partial charge is 0.313 e. The number of nitrogens with zero attached hydrogens (tertiary/aromatic N) is 2. The molecular weight excluding hydrogens is 296 g/mol. The lowest BCUT2D eigenvalue weighted by Gasteiger charge is -2.18. The number of nitro benzene ring substituents is 1. The van der Waals surface area contributed by atoms with Gasteiger partial charge in [-0.2, -0.15) is 0 Å². The Labute approximate surface area is 124 Å². The first-order valence-corrected chi connectivity index (χ1v) is 7.86. The molecule has 0 radical (unpaired) electrons. The van der Waals surface area contributed by atoms with Crippen molar-refractivity contribution in [3.05, 3.63) is 28.3 Å². The van der Waals surface area contributed by atoms with Crippen molar-refractivity contribution >= 4 is 21.4 Å². The van der Waals surface area contributed by atoms with Crippen LogP contribution in [-0.4, -0.2) is 31.2 Å². The quantitative estimate of drug-likeness (QED) is 0.447. The molecule has 0 unspecified atom stereocenters. The lowest BCUT2D eigenvalue weighted by Crippen LogP contribution is -2.29. The summed E-state index contributed by atoms with van der Waals surface area (Å²) in [5.74, 6) is 5.54. The van der Waals surface area contributed by atoms with E-state index >= 15 is 0 Å². The van der Waals surface area contributed by atoms with Gasteiger partial charge in [0.05, 0.1) is 4.92 Å². The Bertz CT molecular complexity index is 616. The van der Waals surface area contributed by atoms with Crippen LogP contribution in [0.3, 0.4) is 0 Å². The minimum absolute atomic E-state index is 0.0432. The second-order valence-electron chi connectivity index (χ2n) is 5.06. The van der Waals surface area contributed by atoms with Gasteiger partial charge in [0.1, 0.15) is 5.69 Å². The monoisotopic (exact) mass is 316 g/mol. The highest BCUT2D eigenvalue weighted by atomic mass is 32.2. The van der Waals surface area contributed by atoms with Crippen molar-refractivity contribution < 1.29 is 13.3 Å². The largest absolute Gasteiger partial charge is 0.318 e. The first-order valence-electron chi connectivity index (χ1n) is 6.42. The van der Waals surface area contributed by atoms with Crippen LogP contribution in [0.15, 0.2) is 23.1 Å². The molecule has 0 aliphatic carbocycles. The van der Waals surface area contributed by atoms with Gasteiger partial charge in [0.2, 0.25) is 10.0 Å². The average Bonchev–Trinajstić information content (AvgIpc) is 2.43. The third kappa shape index (κ3) is 3.90. The summed E-state index contributed by atoms with van der Waals surface area (Å²) in [6, 6.07) is 3.97. The molecule has 0 atom stereocenters. The molecule has 0 aliphatic heterocycles. The Kier molecular flexibility index (Phi) is 5.64. The normalized spacial score (nSPS) is 11.9. The average molecular weight is 316 g/mol. The van der Waals surface area contributed by atoms with Gasteiger partial charge in [-0.15, -0.1) is 0 Å². The zero-order valence-corrected chi connectivity index (χ0v) is 13.1. The maximum absolute atomic E-state index is 12.5. The summed E-state index contributed by atoms with van der Waals surface area (Å²) in [6.45, 7) is 4.24. The Morgan fingerprint density at radius 2 is 2.05 bits per heavy atom. The van der Waals surface area contributed by atoms with E-state index in [-0.39, 0.29) is 17.1 Å². The molecule has 0 fully saturated rings. The topological polar surface area (TPSA) is 119 Å². The summed E-state index contributed by atoms with van der Waals surface area (Å²) in [5.41, 5.74) is 1.57. The van der Waals surface area contributed by atoms with E-state index in [9.17, 15) is 18.5 Å². The van der Waals surface area contributed by atoms with Crippen LogP contribution >= 0.6 is 0 Å². The molecule has 0 aliphatic rings. The van der Waals surface area contributed by atoms with E-state index in [4.69, 9.17) is 5.84 Å². The van der Waals surface area contributed by atoms with Crippen molar-refractivity contribution in [2.45, 2.75) is 25.2 Å². The molecule has 21 heavy (non-hydrogen) atoms. The molecule has 0 spiro atoms. The van der Waals surface area contributed by atoms with Crippen LogP contribution < -0.4 is 11.3 Å². The number of nitrogen functional groups attached to an aromatic ring is 1. The second-order valence-corrected chi connectivity index (χ2v) is 7.08. The molecule has 1 rings (SSSR count). The predicted molar refractivity (Wildman–Crippen MR) is 80.2 cm³/mol. The first kappa shape index (κ1) is 17.3. The van der Waals surface area contributed by atoms with Crippen LogP contribution in [0, 0.1) is 16.0 Å². The minimum Gasteiger partial charge on any atom is -0.318 e. The molecule has 0 aromatic heterocycles. The Morgan fingerprint density at radius 1 is 1.43 bits per heavy atom. The van der Waals surface area contributed by atoms with Gasteiger partial charge in [-0.3, -0.25) is 16.0 Å². The summed E-state index contributed by atoms with van der Waals surface area (Å²) in [5, 5.41) is 11.2. The Hall–Kier alpha value is -1.71. The predicted octanol–water partition coefficient (Wildman–Crippen LogP) is 1.55. The minimum atomic E-state index is -3.95. The lowest BCUT2D eigenvalue weighted by molar-refractivity contribution is -0.386. The lowest BCUT2D eigenvalue weighted by atomic mass is 10.1. The van der Waals surface area contributed by atoms with E-state index in [0.717, 1.165) is 4.31 Å². The van der Waals surface area contributed by atoms with E-state index < -0.39 is 20.6 Å². The van der Waals surface area contributed by atoms with E-state index in [1.165, 1.54) is 25.2 Å². The molecule has 0 bridgehead atoms. The number of hydrogen-bond acceptors (Lipinski definition) is 6. The highest BCUT2D eigenvalue weighted by Crippen LogP contribution is 2.32. The number of rotatable bonds is 7. The van der Waals surface area contributed by atoms with E-state index in [1.807, 2.05) is 13.8 Å². The van der Waals surface area contributed by atoms with Crippen molar-refractivity contribution in [2.75, 3.05) is 19.0 Å². The number of hydrogen-bond donors (Lipinski definition) is 2. The van der Waals surface area contributed by atoms with E-state index in [0.29, 0.717) is 12.3 Å². The van der Waals surface area contributed by atoms with Crippen LogP contribution in [0.2, 0.25) is 0 Å². The van der Waals surface area contributed by atoms with Crippen LogP contribution in [0.4, 0.5) is 11.4 Å². The highest BCUT2D eigenvalue weighted by Gasteiger charge is 2.31. The fourth-order valence-electron chi connectivity index (χ4n) is 1.76. The van der Waals surface area contributed by atoms with Crippen molar-refractivity contribution in [1.29, 1.82) is 0 Å². The van der Waals surface area contributed by atoms with Gasteiger partial charge >= 0.3 is 5.69 Å². The second kappa shape index (κ2) is 6.83. The molecule has 118 valence electrons. The van der Waals surface area contributed by atoms with Gasteiger partial charge in [-0.05, 0) is 24.5 Å². The molecule has 3 N–H and O–H groups in total. The van der Waals surface area contributed by atoms with Crippen LogP contribution in [0.1, 0.15) is 20.3 Å². The van der Waals surface area contributed by atoms with Crippen LogP contribution in [-0.2, 0) is 10.0 Å². The fraction of sp³-hybridized carbons (Fsp3) is 0.500. The molecule has 1 aromatic rings. The molecule has 1 aromatic carbocycles. The molecule has 0 saturated heterocycles. The molecular formula is C12H20N4O4S. The van der Waals surface area contributed by atoms with Crippen molar-refractivity contribution in [2.24, 2.45) is 11.8 Å². The van der Waals surface area contributed by atoms with E-state index in [2.05, 4.69) is 5.43 Å². The Morgan fingerprint density at radius 3 is 2.52 bits per heavy atom. The number of nitro groups is 1. The number of benzene rings is 1. The zero-order valence-electron chi connectivity index (χ0n) is 12.2. The molecule has 0 heterocycles. The summed E-state index contributed by atoms with van der Waals surface area (Å²) >= 11 is 0. The summed E-state index contributed by atoms with van der Waals surface area (Å²) < 4.78 is 26.1. The number of sulfonamides is 1. The zero-order chi connectivity index (χ0) is 16.2.